The summed E-state index contributed by atoms with van der Waals surface area (Å²) >= 11 is 0. The minimum Gasteiger partial charge on any atom is -0.379 e. The first-order valence-corrected chi connectivity index (χ1v) is 9.21. The summed E-state index contributed by atoms with van der Waals surface area (Å²) in [6, 6.07) is -4.90. The van der Waals surface area contributed by atoms with Crippen molar-refractivity contribution in [2.75, 3.05) is 26.4 Å². The van der Waals surface area contributed by atoms with Gasteiger partial charge in [-0.1, -0.05) is 0 Å². The van der Waals surface area contributed by atoms with Crippen LogP contribution in [0.3, 0.4) is 0 Å². The van der Waals surface area contributed by atoms with Crippen molar-refractivity contribution in [3.63, 3.8) is 0 Å². The van der Waals surface area contributed by atoms with Crippen molar-refractivity contribution in [1.29, 1.82) is 0 Å². The van der Waals surface area contributed by atoms with Crippen LogP contribution in [0.4, 0.5) is 13.6 Å². The number of fused-ring (bicyclic) bond motifs is 2. The van der Waals surface area contributed by atoms with Crippen LogP contribution in [0.15, 0.2) is 0 Å². The third-order valence-electron chi connectivity index (χ3n) is 4.56. The van der Waals surface area contributed by atoms with Gasteiger partial charge >= 0.3 is 16.4 Å². The summed E-state index contributed by atoms with van der Waals surface area (Å²) in [6.45, 7) is -0.168. The van der Waals surface area contributed by atoms with Gasteiger partial charge in [0.1, 0.15) is 12.1 Å². The lowest BCUT2D eigenvalue weighted by Crippen LogP contribution is -2.57. The molecule has 15 heteroatoms. The smallest absolute Gasteiger partial charge is 0.379 e. The molecule has 3 saturated heterocycles. The van der Waals surface area contributed by atoms with E-state index in [0.29, 0.717) is 17.9 Å². The number of nitrogens with two attached hydrogens (primary N) is 1. The van der Waals surface area contributed by atoms with Crippen LogP contribution in [0.25, 0.3) is 0 Å². The Morgan fingerprint density at radius 2 is 2.19 bits per heavy atom. The van der Waals surface area contributed by atoms with Gasteiger partial charge in [-0.3, -0.25) is 14.2 Å². The zero-order chi connectivity index (χ0) is 20.0. The fourth-order valence-corrected chi connectivity index (χ4v) is 3.51. The second-order valence-corrected chi connectivity index (χ2v) is 7.68. The highest BCUT2D eigenvalue weighted by Gasteiger charge is 2.62. The fourth-order valence-electron chi connectivity index (χ4n) is 3.14. The molecular formula is C12H18F2N4O8S. The number of piperidine rings is 1. The molecule has 0 aliphatic carbocycles. The van der Waals surface area contributed by atoms with Crippen molar-refractivity contribution in [2.45, 2.75) is 36.4 Å². The summed E-state index contributed by atoms with van der Waals surface area (Å²) in [4.78, 5) is 30.1. The Kier molecular flexibility index (Phi) is 5.02. The third-order valence-corrected chi connectivity index (χ3v) is 4.91. The molecule has 3 heterocycles. The molecule has 0 aromatic rings. The molecule has 0 saturated carbocycles. The molecule has 2 bridgehead atoms. The number of halogens is 2. The summed E-state index contributed by atoms with van der Waals surface area (Å²) in [5.41, 5.74) is 7.10. The van der Waals surface area contributed by atoms with Crippen LogP contribution in [-0.2, 0) is 29.1 Å². The number of rotatable bonds is 6. The summed E-state index contributed by atoms with van der Waals surface area (Å²) in [5, 5.41) is -0.145. The molecular weight excluding hydrogens is 398 g/mol. The van der Waals surface area contributed by atoms with E-state index in [1.807, 2.05) is 5.48 Å². The summed E-state index contributed by atoms with van der Waals surface area (Å²) in [6.07, 6.45) is -0.598. The van der Waals surface area contributed by atoms with Gasteiger partial charge in [-0.05, 0) is 6.42 Å². The predicted octanol–water partition coefficient (Wildman–Crippen LogP) is -1.60. The van der Waals surface area contributed by atoms with Crippen molar-refractivity contribution in [3.05, 3.63) is 0 Å². The maximum absolute atomic E-state index is 14.3. The van der Waals surface area contributed by atoms with Gasteiger partial charge in [0.25, 0.3) is 11.8 Å². The van der Waals surface area contributed by atoms with E-state index in [1.165, 1.54) is 0 Å². The van der Waals surface area contributed by atoms with Gasteiger partial charge in [0.05, 0.1) is 25.3 Å². The highest BCUT2D eigenvalue weighted by molar-refractivity contribution is 7.80. The first-order chi connectivity index (χ1) is 12.4. The van der Waals surface area contributed by atoms with Crippen LogP contribution < -0.4 is 11.2 Å². The van der Waals surface area contributed by atoms with Crippen molar-refractivity contribution < 1.29 is 45.2 Å². The van der Waals surface area contributed by atoms with Crippen molar-refractivity contribution >= 4 is 22.3 Å². The Morgan fingerprint density at radius 3 is 2.78 bits per heavy atom. The van der Waals surface area contributed by atoms with Crippen molar-refractivity contribution in [1.82, 2.24) is 15.4 Å². The maximum Gasteiger partial charge on any atom is 0.418 e. The molecule has 3 aliphatic heterocycles. The number of nitrogens with zero attached hydrogens (tertiary/aromatic N) is 2. The van der Waals surface area contributed by atoms with Gasteiger partial charge in [-0.25, -0.2) is 19.1 Å². The molecule has 154 valence electrons. The first kappa shape index (κ1) is 20.1. The number of urea groups is 1. The van der Waals surface area contributed by atoms with Crippen LogP contribution >= 0.6 is 0 Å². The SMILES string of the molecule is NC1(CONC(=O)C2CC(F)(F)C3CN2C(=O)N3OS(=O)(=O)O)CCOC1. The standard InChI is InChI=1S/C12H18F2N4O8S/c13-12(14)3-7(9(19)16-25-6-11(15)1-2-24-5-11)17-4-8(12)18(10(17)20)26-27(21,22)23/h7-8H,1-6,15H2,(H,16,19)(H,21,22,23). The molecule has 3 aliphatic rings. The topological polar surface area (TPSA) is 161 Å². The molecule has 3 amide bonds. The van der Waals surface area contributed by atoms with Crippen LogP contribution in [0, 0.1) is 0 Å². The molecule has 3 unspecified atom stereocenters. The Bertz CT molecular complexity index is 729. The predicted molar refractivity (Wildman–Crippen MR) is 80.2 cm³/mol. The largest absolute Gasteiger partial charge is 0.418 e. The van der Waals surface area contributed by atoms with Gasteiger partial charge in [0.2, 0.25) is 0 Å². The lowest BCUT2D eigenvalue weighted by Gasteiger charge is -2.34. The van der Waals surface area contributed by atoms with E-state index in [1.54, 1.807) is 0 Å². The van der Waals surface area contributed by atoms with Crippen molar-refractivity contribution in [2.24, 2.45) is 5.73 Å². The number of carbonyl (C=O) groups is 2. The van der Waals surface area contributed by atoms with E-state index in [2.05, 4.69) is 4.28 Å². The molecule has 4 N–H and O–H groups in total. The molecule has 3 atom stereocenters. The van der Waals surface area contributed by atoms with Gasteiger partial charge < -0.3 is 15.4 Å². The van der Waals surface area contributed by atoms with E-state index < -0.39 is 58.8 Å². The third kappa shape index (κ3) is 4.12. The normalized spacial score (nSPS) is 32.8. The lowest BCUT2D eigenvalue weighted by atomic mass is 9.96. The minimum atomic E-state index is -5.20. The Balaban J connectivity index is 1.66. The highest BCUT2D eigenvalue weighted by Crippen LogP contribution is 2.41. The second kappa shape index (κ2) is 6.75. The summed E-state index contributed by atoms with van der Waals surface area (Å²) in [7, 11) is -5.20. The molecule has 3 rings (SSSR count). The molecule has 27 heavy (non-hydrogen) atoms. The number of amides is 3. The van der Waals surface area contributed by atoms with Crippen LogP contribution in [-0.4, -0.2) is 84.8 Å². The quantitative estimate of drug-likeness (QED) is 0.342. The number of hydroxylamine groups is 3. The van der Waals surface area contributed by atoms with E-state index >= 15 is 0 Å². The average Bonchev–Trinajstić information content (AvgIpc) is 3.08. The van der Waals surface area contributed by atoms with E-state index in [4.69, 9.17) is 19.9 Å². The molecule has 12 nitrogen and oxygen atoms in total. The maximum atomic E-state index is 14.3. The minimum absolute atomic E-state index is 0.129. The first-order valence-electron chi connectivity index (χ1n) is 7.85. The summed E-state index contributed by atoms with van der Waals surface area (Å²) < 4.78 is 67.9. The van der Waals surface area contributed by atoms with E-state index in [-0.39, 0.29) is 18.3 Å². The van der Waals surface area contributed by atoms with Crippen LogP contribution in [0.1, 0.15) is 12.8 Å². The lowest BCUT2D eigenvalue weighted by molar-refractivity contribution is -0.160. The monoisotopic (exact) mass is 416 g/mol. The number of hydrogen-bond acceptors (Lipinski definition) is 8. The molecule has 0 spiro atoms. The number of hydrogen-bond donors (Lipinski definition) is 3. The zero-order valence-electron chi connectivity index (χ0n) is 13.8. The van der Waals surface area contributed by atoms with Crippen molar-refractivity contribution in [3.8, 4) is 0 Å². The van der Waals surface area contributed by atoms with Crippen LogP contribution in [0.5, 0.6) is 0 Å². The Hall–Kier alpha value is -1.65. The Labute approximate surface area is 152 Å². The highest BCUT2D eigenvalue weighted by atomic mass is 32.3. The average molecular weight is 416 g/mol. The summed E-state index contributed by atoms with van der Waals surface area (Å²) in [5.74, 6) is -4.68. The van der Waals surface area contributed by atoms with Crippen LogP contribution in [0.2, 0.25) is 0 Å². The van der Waals surface area contributed by atoms with Gasteiger partial charge in [0, 0.05) is 13.0 Å². The zero-order valence-corrected chi connectivity index (χ0v) is 14.7. The number of carbonyl (C=O) groups excluding carboxylic acids is 2. The Morgan fingerprint density at radius 1 is 1.48 bits per heavy atom. The molecule has 3 fully saturated rings. The number of nitrogens with one attached hydrogen (secondary N) is 1. The van der Waals surface area contributed by atoms with E-state index in [0.717, 1.165) is 0 Å². The number of alkyl halides is 2. The van der Waals surface area contributed by atoms with E-state index in [9.17, 15) is 26.8 Å². The second-order valence-electron chi connectivity index (χ2n) is 6.68. The van der Waals surface area contributed by atoms with Gasteiger partial charge in [-0.15, -0.1) is 4.28 Å². The molecule has 0 aromatic carbocycles. The fraction of sp³-hybridized carbons (Fsp3) is 0.833. The molecule has 0 aromatic heterocycles. The van der Waals surface area contributed by atoms with Gasteiger partial charge in [-0.2, -0.15) is 13.5 Å². The molecule has 0 radical (unpaired) electrons. The van der Waals surface area contributed by atoms with Gasteiger partial charge in [0.15, 0.2) is 0 Å². The number of ether oxygens (including phenoxy) is 1.